The maximum Gasteiger partial charge on any atom is 0.243 e. The molecule has 3 aliphatic heterocycles. The van der Waals surface area contributed by atoms with E-state index in [2.05, 4.69) is 4.90 Å². The van der Waals surface area contributed by atoms with Gasteiger partial charge in [0.05, 0.1) is 16.5 Å². The molecule has 3 saturated heterocycles. The minimum atomic E-state index is -3.72. The van der Waals surface area contributed by atoms with Gasteiger partial charge in [0.15, 0.2) is 0 Å². The molecule has 6 nitrogen and oxygen atoms in total. The smallest absolute Gasteiger partial charge is 0.243 e. The molecule has 4 atom stereocenters. The third-order valence-corrected chi connectivity index (χ3v) is 8.59. The summed E-state index contributed by atoms with van der Waals surface area (Å²) < 4.78 is 29.0. The molecule has 0 aliphatic carbocycles. The number of hydrogen-bond donors (Lipinski definition) is 1. The number of sulfonamides is 1. The van der Waals surface area contributed by atoms with Crippen molar-refractivity contribution in [3.8, 4) is 6.07 Å². The summed E-state index contributed by atoms with van der Waals surface area (Å²) in [5, 5.41) is 18.4. The molecule has 1 N–H and O–H groups in total. The molecule has 0 spiro atoms. The Labute approximate surface area is 173 Å². The van der Waals surface area contributed by atoms with Crippen LogP contribution >= 0.6 is 0 Å². The van der Waals surface area contributed by atoms with Gasteiger partial charge >= 0.3 is 0 Å². The van der Waals surface area contributed by atoms with E-state index in [9.17, 15) is 18.8 Å². The normalized spacial score (nSPS) is 30.8. The van der Waals surface area contributed by atoms with Crippen LogP contribution in [0.1, 0.15) is 37.7 Å². The molecule has 1 aromatic carbocycles. The van der Waals surface area contributed by atoms with Gasteiger partial charge in [0.2, 0.25) is 10.0 Å². The maximum atomic E-state index is 13.7. The highest BCUT2D eigenvalue weighted by atomic mass is 32.2. The van der Waals surface area contributed by atoms with Crippen LogP contribution in [0.3, 0.4) is 0 Å². The molecule has 3 heterocycles. The van der Waals surface area contributed by atoms with Crippen LogP contribution in [0.4, 0.5) is 0 Å². The van der Waals surface area contributed by atoms with Gasteiger partial charge in [-0.2, -0.15) is 9.57 Å². The van der Waals surface area contributed by atoms with Crippen molar-refractivity contribution in [3.63, 3.8) is 0 Å². The monoisotopic (exact) mass is 415 g/mol. The van der Waals surface area contributed by atoms with E-state index in [1.54, 1.807) is 22.5 Å². The topological polar surface area (TPSA) is 84.6 Å². The van der Waals surface area contributed by atoms with Crippen molar-refractivity contribution in [2.75, 3.05) is 26.2 Å². The average molecular weight is 416 g/mol. The van der Waals surface area contributed by atoms with Gasteiger partial charge in [0.1, 0.15) is 0 Å². The Morgan fingerprint density at radius 1 is 1.24 bits per heavy atom. The molecule has 156 valence electrons. The van der Waals surface area contributed by atoms with Gasteiger partial charge in [0.25, 0.3) is 0 Å². The van der Waals surface area contributed by atoms with Crippen LogP contribution in [-0.2, 0) is 10.0 Å². The Hall–Kier alpha value is -1.72. The van der Waals surface area contributed by atoms with Crippen molar-refractivity contribution in [1.29, 1.82) is 5.26 Å². The standard InChI is InChI=1S/C22H29N3O3S/c23-15-17-6-3-8-19(14-17)29(27,28)25-16-18-7-4-11-24-12-5-9-20(22(18)24)21(25)10-1-2-13-26/h1,3,6,8,10,14,18,20-22,26H,2,4-5,7,9,11-13,16H2/b10-1-/t18-,20+,21+,22-/m0/s1. The summed E-state index contributed by atoms with van der Waals surface area (Å²) in [6.45, 7) is 2.80. The molecular weight excluding hydrogens is 386 g/mol. The lowest BCUT2D eigenvalue weighted by Crippen LogP contribution is -2.65. The largest absolute Gasteiger partial charge is 0.396 e. The lowest BCUT2D eigenvalue weighted by atomic mass is 9.70. The van der Waals surface area contributed by atoms with Crippen molar-refractivity contribution in [3.05, 3.63) is 42.0 Å². The summed E-state index contributed by atoms with van der Waals surface area (Å²) in [5.74, 6) is 0.622. The molecule has 29 heavy (non-hydrogen) atoms. The summed E-state index contributed by atoms with van der Waals surface area (Å²) in [7, 11) is -3.72. The number of piperidine rings is 3. The fourth-order valence-electron chi connectivity index (χ4n) is 5.56. The van der Waals surface area contributed by atoms with Crippen LogP contribution in [0.15, 0.2) is 41.3 Å². The average Bonchev–Trinajstić information content (AvgIpc) is 2.75. The molecule has 0 saturated carbocycles. The highest BCUT2D eigenvalue weighted by molar-refractivity contribution is 7.89. The van der Waals surface area contributed by atoms with Crippen molar-refractivity contribution in [1.82, 2.24) is 9.21 Å². The number of benzene rings is 1. The summed E-state index contributed by atoms with van der Waals surface area (Å²) in [4.78, 5) is 2.77. The molecule has 0 aromatic heterocycles. The van der Waals surface area contributed by atoms with E-state index in [1.165, 1.54) is 6.07 Å². The van der Waals surface area contributed by atoms with Crippen molar-refractivity contribution in [2.45, 2.75) is 49.1 Å². The number of aliphatic hydroxyl groups is 1. The minimum Gasteiger partial charge on any atom is -0.396 e. The molecule has 0 unspecified atom stereocenters. The Bertz CT molecular complexity index is 906. The van der Waals surface area contributed by atoms with Crippen LogP contribution in [0.5, 0.6) is 0 Å². The van der Waals surface area contributed by atoms with E-state index in [4.69, 9.17) is 0 Å². The van der Waals surface area contributed by atoms with E-state index in [-0.39, 0.29) is 23.5 Å². The molecule has 0 radical (unpaired) electrons. The lowest BCUT2D eigenvalue weighted by Gasteiger charge is -2.56. The molecule has 3 aliphatic rings. The zero-order valence-corrected chi connectivity index (χ0v) is 17.5. The summed E-state index contributed by atoms with van der Waals surface area (Å²) in [6.07, 6.45) is 8.75. The molecular formula is C22H29N3O3S. The third kappa shape index (κ3) is 3.87. The Kier molecular flexibility index (Phi) is 6.07. The minimum absolute atomic E-state index is 0.0586. The van der Waals surface area contributed by atoms with Gasteiger partial charge in [0, 0.05) is 25.2 Å². The zero-order valence-electron chi connectivity index (χ0n) is 16.7. The van der Waals surface area contributed by atoms with Crippen LogP contribution in [0, 0.1) is 23.2 Å². The summed E-state index contributed by atoms with van der Waals surface area (Å²) >= 11 is 0. The van der Waals surface area contributed by atoms with Gasteiger partial charge in [-0.1, -0.05) is 18.2 Å². The van der Waals surface area contributed by atoms with Crippen LogP contribution < -0.4 is 0 Å². The van der Waals surface area contributed by atoms with Gasteiger partial charge in [-0.05, 0) is 75.2 Å². The first-order valence-electron chi connectivity index (χ1n) is 10.6. The van der Waals surface area contributed by atoms with Crippen molar-refractivity contribution >= 4 is 10.0 Å². The Morgan fingerprint density at radius 2 is 2.03 bits per heavy atom. The van der Waals surface area contributed by atoms with E-state index in [0.717, 1.165) is 38.8 Å². The van der Waals surface area contributed by atoms with E-state index in [0.29, 0.717) is 30.5 Å². The Morgan fingerprint density at radius 3 is 2.79 bits per heavy atom. The summed E-state index contributed by atoms with van der Waals surface area (Å²) in [6, 6.07) is 8.61. The fourth-order valence-corrected chi connectivity index (χ4v) is 7.30. The van der Waals surface area contributed by atoms with Crippen molar-refractivity contribution in [2.24, 2.45) is 11.8 Å². The molecule has 0 bridgehead atoms. The molecule has 4 rings (SSSR count). The molecule has 1 aromatic rings. The Balaban J connectivity index is 1.73. The number of rotatable bonds is 5. The molecule has 3 fully saturated rings. The second-order valence-electron chi connectivity index (χ2n) is 8.38. The van der Waals surface area contributed by atoms with Gasteiger partial charge < -0.3 is 5.11 Å². The summed E-state index contributed by atoms with van der Waals surface area (Å²) in [5.41, 5.74) is 0.356. The van der Waals surface area contributed by atoms with E-state index >= 15 is 0 Å². The first-order valence-corrected chi connectivity index (χ1v) is 12.0. The molecule has 7 heteroatoms. The second-order valence-corrected chi connectivity index (χ2v) is 10.3. The van der Waals surface area contributed by atoms with Crippen LogP contribution in [0.2, 0.25) is 0 Å². The van der Waals surface area contributed by atoms with Crippen LogP contribution in [-0.4, -0.2) is 61.1 Å². The quantitative estimate of drug-likeness (QED) is 0.747. The first kappa shape index (κ1) is 20.5. The second kappa shape index (κ2) is 8.57. The third-order valence-electron chi connectivity index (χ3n) is 6.73. The fraction of sp³-hybridized carbons (Fsp3) is 0.591. The van der Waals surface area contributed by atoms with E-state index in [1.807, 2.05) is 18.2 Å². The van der Waals surface area contributed by atoms with Gasteiger partial charge in [-0.3, -0.25) is 4.90 Å². The highest BCUT2D eigenvalue weighted by Crippen LogP contribution is 2.44. The number of aliphatic hydroxyl groups excluding tert-OH is 1. The highest BCUT2D eigenvalue weighted by Gasteiger charge is 2.50. The van der Waals surface area contributed by atoms with Crippen molar-refractivity contribution < 1.29 is 13.5 Å². The first-order chi connectivity index (χ1) is 14.1. The van der Waals surface area contributed by atoms with E-state index < -0.39 is 10.0 Å². The maximum absolute atomic E-state index is 13.7. The van der Waals surface area contributed by atoms with Gasteiger partial charge in [-0.15, -0.1) is 0 Å². The lowest BCUT2D eigenvalue weighted by molar-refractivity contribution is -0.0395. The predicted octanol–water partition coefficient (Wildman–Crippen LogP) is 2.36. The SMILES string of the molecule is N#Cc1cccc(S(=O)(=O)N2C[C@@H]3CCCN4CCC[C@@H]([C@H]34)[C@H]2/C=C\CCO)c1. The van der Waals surface area contributed by atoms with Crippen LogP contribution in [0.25, 0.3) is 0 Å². The number of hydrogen-bond acceptors (Lipinski definition) is 5. The number of nitrogens with zero attached hydrogens (tertiary/aromatic N) is 3. The molecule has 0 amide bonds. The number of nitriles is 1. The predicted molar refractivity (Wildman–Crippen MR) is 110 cm³/mol. The van der Waals surface area contributed by atoms with Gasteiger partial charge in [-0.25, -0.2) is 8.42 Å². The zero-order chi connectivity index (χ0) is 20.4.